The molecule has 0 aliphatic heterocycles. The number of carbonyl (C=O) groups excluding carboxylic acids is 2. The average molecular weight is 207 g/mol. The number of rotatable bonds is 4. The Kier molecular flexibility index (Phi) is 3.44. The first kappa shape index (κ1) is 11.2. The van der Waals surface area contributed by atoms with Gasteiger partial charge in [0.25, 0.3) is 0 Å². The van der Waals surface area contributed by atoms with Gasteiger partial charge in [0.1, 0.15) is 5.75 Å². The van der Waals surface area contributed by atoms with E-state index in [0.29, 0.717) is 11.3 Å². The molecule has 0 bridgehead atoms. The van der Waals surface area contributed by atoms with Gasteiger partial charge in [0, 0.05) is 5.56 Å². The summed E-state index contributed by atoms with van der Waals surface area (Å²) in [5, 5.41) is 10.5. The lowest BCUT2D eigenvalue weighted by molar-refractivity contribution is -0.308. The molecule has 80 valence electrons. The van der Waals surface area contributed by atoms with Gasteiger partial charge in [-0.3, -0.25) is 4.79 Å². The summed E-state index contributed by atoms with van der Waals surface area (Å²) in [7, 11) is 1.51. The lowest BCUT2D eigenvalue weighted by Gasteiger charge is -2.11. The molecule has 0 aliphatic rings. The third-order valence-electron chi connectivity index (χ3n) is 2.12. The van der Waals surface area contributed by atoms with E-state index in [0.717, 1.165) is 0 Å². The Labute approximate surface area is 87.5 Å². The van der Waals surface area contributed by atoms with Gasteiger partial charge in [-0.25, -0.2) is 0 Å². The standard InChI is InChI=1S/C11H12O4/c1-7(11(13)14)10(12)8-3-5-9(15-2)6-4-8/h3-7H,1-2H3,(H,13,14)/p-1. The zero-order valence-electron chi connectivity index (χ0n) is 8.52. The van der Waals surface area contributed by atoms with Crippen molar-refractivity contribution in [1.29, 1.82) is 0 Å². The molecule has 0 aromatic heterocycles. The first-order valence-electron chi connectivity index (χ1n) is 4.45. The summed E-state index contributed by atoms with van der Waals surface area (Å²) in [6, 6.07) is 6.27. The van der Waals surface area contributed by atoms with E-state index in [2.05, 4.69) is 0 Å². The van der Waals surface area contributed by atoms with Crippen LogP contribution in [0.1, 0.15) is 17.3 Å². The van der Waals surface area contributed by atoms with E-state index in [4.69, 9.17) is 4.74 Å². The molecule has 0 saturated carbocycles. The zero-order chi connectivity index (χ0) is 11.4. The number of aliphatic carboxylic acids is 1. The second-order valence-corrected chi connectivity index (χ2v) is 3.13. The molecule has 0 amide bonds. The van der Waals surface area contributed by atoms with Crippen molar-refractivity contribution in [3.63, 3.8) is 0 Å². The summed E-state index contributed by atoms with van der Waals surface area (Å²) in [5.74, 6) is -2.33. The molecule has 4 heteroatoms. The second kappa shape index (κ2) is 4.59. The summed E-state index contributed by atoms with van der Waals surface area (Å²) >= 11 is 0. The number of ether oxygens (including phenoxy) is 1. The smallest absolute Gasteiger partial charge is 0.171 e. The molecule has 1 aromatic carbocycles. The van der Waals surface area contributed by atoms with Crippen molar-refractivity contribution < 1.29 is 19.4 Å². The maximum Gasteiger partial charge on any atom is 0.171 e. The number of hydrogen-bond acceptors (Lipinski definition) is 4. The SMILES string of the molecule is COc1ccc(C(=O)C(C)C(=O)[O-])cc1. The number of carboxylic acids is 1. The molecule has 0 saturated heterocycles. The molecule has 1 rings (SSSR count). The molecule has 0 aliphatic carbocycles. The Morgan fingerprint density at radius 1 is 1.27 bits per heavy atom. The summed E-state index contributed by atoms with van der Waals surface area (Å²) < 4.78 is 4.92. The number of benzene rings is 1. The largest absolute Gasteiger partial charge is 0.549 e. The molecule has 1 atom stereocenters. The highest BCUT2D eigenvalue weighted by Gasteiger charge is 2.15. The fourth-order valence-electron chi connectivity index (χ4n) is 1.11. The van der Waals surface area contributed by atoms with Crippen molar-refractivity contribution in [1.82, 2.24) is 0 Å². The van der Waals surface area contributed by atoms with E-state index in [-0.39, 0.29) is 0 Å². The Morgan fingerprint density at radius 3 is 2.20 bits per heavy atom. The van der Waals surface area contributed by atoms with Crippen LogP contribution in [0.25, 0.3) is 0 Å². The molecule has 0 fully saturated rings. The van der Waals surface area contributed by atoms with Crippen LogP contribution >= 0.6 is 0 Å². The Hall–Kier alpha value is -1.84. The van der Waals surface area contributed by atoms with E-state index in [9.17, 15) is 14.7 Å². The molecule has 4 nitrogen and oxygen atoms in total. The third kappa shape index (κ3) is 2.56. The number of hydrogen-bond donors (Lipinski definition) is 0. The van der Waals surface area contributed by atoms with Crippen molar-refractivity contribution in [3.8, 4) is 5.75 Å². The molecule has 0 heterocycles. The lowest BCUT2D eigenvalue weighted by atomic mass is 10.00. The molecular weight excluding hydrogens is 196 g/mol. The fraction of sp³-hybridized carbons (Fsp3) is 0.273. The first-order chi connectivity index (χ1) is 7.06. The molecule has 1 unspecified atom stereocenters. The van der Waals surface area contributed by atoms with Crippen molar-refractivity contribution in [2.75, 3.05) is 7.11 Å². The van der Waals surface area contributed by atoms with Gasteiger partial charge in [-0.05, 0) is 31.2 Å². The van der Waals surface area contributed by atoms with Gasteiger partial charge >= 0.3 is 0 Å². The highest BCUT2D eigenvalue weighted by atomic mass is 16.5. The number of methoxy groups -OCH3 is 1. The predicted molar refractivity (Wildman–Crippen MR) is 51.5 cm³/mol. The van der Waals surface area contributed by atoms with Crippen LogP contribution in [-0.2, 0) is 4.79 Å². The van der Waals surface area contributed by atoms with E-state index < -0.39 is 17.7 Å². The monoisotopic (exact) mass is 207 g/mol. The van der Waals surface area contributed by atoms with E-state index >= 15 is 0 Å². The summed E-state index contributed by atoms with van der Waals surface area (Å²) in [6.45, 7) is 1.31. The minimum atomic E-state index is -1.36. The minimum Gasteiger partial charge on any atom is -0.549 e. The van der Waals surface area contributed by atoms with E-state index in [1.165, 1.54) is 26.2 Å². The van der Waals surface area contributed by atoms with Crippen molar-refractivity contribution >= 4 is 11.8 Å². The zero-order valence-corrected chi connectivity index (χ0v) is 8.52. The lowest BCUT2D eigenvalue weighted by Crippen LogP contribution is -2.34. The Bertz CT molecular complexity index is 367. The number of ketones is 1. The fourth-order valence-corrected chi connectivity index (χ4v) is 1.11. The molecular formula is C11H11O4-. The van der Waals surface area contributed by atoms with Crippen LogP contribution in [0.3, 0.4) is 0 Å². The number of carboxylic acid groups (broad SMARTS) is 1. The number of carbonyl (C=O) groups is 2. The van der Waals surface area contributed by atoms with Crippen LogP contribution in [0.4, 0.5) is 0 Å². The Morgan fingerprint density at radius 2 is 1.80 bits per heavy atom. The highest BCUT2D eigenvalue weighted by Crippen LogP contribution is 2.14. The average Bonchev–Trinajstić information content (AvgIpc) is 2.27. The quantitative estimate of drug-likeness (QED) is 0.524. The topological polar surface area (TPSA) is 66.4 Å². The second-order valence-electron chi connectivity index (χ2n) is 3.13. The molecule has 15 heavy (non-hydrogen) atoms. The molecule has 1 aromatic rings. The van der Waals surface area contributed by atoms with Gasteiger partial charge in [0.2, 0.25) is 0 Å². The summed E-state index contributed by atoms with van der Waals surface area (Å²) in [6.07, 6.45) is 0. The van der Waals surface area contributed by atoms with Gasteiger partial charge in [-0.1, -0.05) is 0 Å². The summed E-state index contributed by atoms with van der Waals surface area (Å²) in [4.78, 5) is 22.0. The van der Waals surface area contributed by atoms with Crippen molar-refractivity contribution in [2.24, 2.45) is 5.92 Å². The van der Waals surface area contributed by atoms with Crippen LogP contribution in [-0.4, -0.2) is 18.9 Å². The van der Waals surface area contributed by atoms with Gasteiger partial charge in [0.15, 0.2) is 5.78 Å². The van der Waals surface area contributed by atoms with Crippen LogP contribution in [0.2, 0.25) is 0 Å². The van der Waals surface area contributed by atoms with Gasteiger partial charge in [-0.2, -0.15) is 0 Å². The molecule has 0 N–H and O–H groups in total. The first-order valence-corrected chi connectivity index (χ1v) is 4.45. The van der Waals surface area contributed by atoms with Crippen molar-refractivity contribution in [2.45, 2.75) is 6.92 Å². The third-order valence-corrected chi connectivity index (χ3v) is 2.12. The summed E-state index contributed by atoms with van der Waals surface area (Å²) in [5.41, 5.74) is 0.340. The molecule has 0 radical (unpaired) electrons. The maximum absolute atomic E-state index is 11.5. The van der Waals surface area contributed by atoms with E-state index in [1.807, 2.05) is 0 Å². The van der Waals surface area contributed by atoms with Crippen LogP contribution in [0.5, 0.6) is 5.75 Å². The van der Waals surface area contributed by atoms with Gasteiger partial charge < -0.3 is 14.6 Å². The molecule has 0 spiro atoms. The van der Waals surface area contributed by atoms with Crippen LogP contribution < -0.4 is 9.84 Å². The maximum atomic E-state index is 11.5. The normalized spacial score (nSPS) is 11.9. The Balaban J connectivity index is 2.87. The highest BCUT2D eigenvalue weighted by molar-refractivity contribution is 6.07. The van der Waals surface area contributed by atoms with Gasteiger partial charge in [0.05, 0.1) is 19.0 Å². The van der Waals surface area contributed by atoms with Gasteiger partial charge in [-0.15, -0.1) is 0 Å². The van der Waals surface area contributed by atoms with E-state index in [1.54, 1.807) is 12.1 Å². The minimum absolute atomic E-state index is 0.340. The predicted octanol–water partition coefficient (Wildman–Crippen LogP) is 0.264. The van der Waals surface area contributed by atoms with Crippen LogP contribution in [0, 0.1) is 5.92 Å². The van der Waals surface area contributed by atoms with Crippen LogP contribution in [0.15, 0.2) is 24.3 Å². The number of Topliss-reactive ketones (excluding diaryl/α,β-unsaturated/α-hetero) is 1. The van der Waals surface area contributed by atoms with Crippen molar-refractivity contribution in [3.05, 3.63) is 29.8 Å².